The van der Waals surface area contributed by atoms with E-state index in [2.05, 4.69) is 10.0 Å². The van der Waals surface area contributed by atoms with Gasteiger partial charge in [0.25, 0.3) is 5.91 Å². The van der Waals surface area contributed by atoms with Crippen molar-refractivity contribution in [3.8, 4) is 5.75 Å². The molecule has 0 aromatic heterocycles. The third-order valence-electron chi connectivity index (χ3n) is 3.95. The number of hydrogen-bond acceptors (Lipinski definition) is 5. The Morgan fingerprint density at radius 2 is 1.88 bits per heavy atom. The summed E-state index contributed by atoms with van der Waals surface area (Å²) in [5.41, 5.74) is 2.34. The fourth-order valence-corrected chi connectivity index (χ4v) is 3.74. The van der Waals surface area contributed by atoms with E-state index in [0.717, 1.165) is 17.7 Å². The predicted octanol–water partition coefficient (Wildman–Crippen LogP) is 1.56. The minimum atomic E-state index is -3.73. The predicted molar refractivity (Wildman–Crippen MR) is 98.4 cm³/mol. The summed E-state index contributed by atoms with van der Waals surface area (Å²) in [4.78, 5) is 13.5. The zero-order valence-corrected chi connectivity index (χ0v) is 15.5. The van der Waals surface area contributed by atoms with Crippen LogP contribution in [0.5, 0.6) is 5.75 Å². The zero-order valence-electron chi connectivity index (χ0n) is 14.7. The SMILES string of the molecule is CN(C)Cc1ccccc1CNS(=O)(=O)c1ccc2c(c1)NC(=O)CO2. The minimum absolute atomic E-state index is 0.0694. The number of carbonyl (C=O) groups excluding carboxylic acids is 1. The van der Waals surface area contributed by atoms with E-state index in [9.17, 15) is 13.2 Å². The maximum absolute atomic E-state index is 12.6. The largest absolute Gasteiger partial charge is 0.482 e. The van der Waals surface area contributed by atoms with E-state index >= 15 is 0 Å². The Labute approximate surface area is 153 Å². The topological polar surface area (TPSA) is 87.7 Å². The smallest absolute Gasteiger partial charge is 0.262 e. The Morgan fingerprint density at radius 3 is 2.62 bits per heavy atom. The van der Waals surface area contributed by atoms with Crippen LogP contribution in [0.4, 0.5) is 5.69 Å². The monoisotopic (exact) mass is 375 g/mol. The molecule has 2 N–H and O–H groups in total. The van der Waals surface area contributed by atoms with Crippen LogP contribution in [0.25, 0.3) is 0 Å². The summed E-state index contributed by atoms with van der Waals surface area (Å²) >= 11 is 0. The van der Waals surface area contributed by atoms with Gasteiger partial charge in [-0.25, -0.2) is 13.1 Å². The van der Waals surface area contributed by atoms with E-state index in [1.165, 1.54) is 12.1 Å². The molecule has 1 amide bonds. The average Bonchev–Trinajstić information content (AvgIpc) is 2.60. The number of ether oxygens (including phenoxy) is 1. The van der Waals surface area contributed by atoms with Crippen LogP contribution in [0.15, 0.2) is 47.4 Å². The molecular weight excluding hydrogens is 354 g/mol. The fraction of sp³-hybridized carbons (Fsp3) is 0.278. The summed E-state index contributed by atoms with van der Waals surface area (Å²) in [5.74, 6) is 0.150. The Balaban J connectivity index is 1.78. The molecular formula is C18H21N3O4S. The molecule has 26 heavy (non-hydrogen) atoms. The van der Waals surface area contributed by atoms with Gasteiger partial charge < -0.3 is 15.0 Å². The van der Waals surface area contributed by atoms with Gasteiger partial charge in [0.2, 0.25) is 10.0 Å². The van der Waals surface area contributed by atoms with Crippen LogP contribution < -0.4 is 14.8 Å². The first kappa shape index (κ1) is 18.4. The second kappa shape index (κ2) is 7.45. The number of hydrogen-bond donors (Lipinski definition) is 2. The van der Waals surface area contributed by atoms with Gasteiger partial charge in [-0.05, 0) is 43.4 Å². The van der Waals surface area contributed by atoms with Crippen molar-refractivity contribution in [2.24, 2.45) is 0 Å². The van der Waals surface area contributed by atoms with E-state index in [0.29, 0.717) is 11.4 Å². The molecule has 0 saturated carbocycles. The highest BCUT2D eigenvalue weighted by molar-refractivity contribution is 7.89. The van der Waals surface area contributed by atoms with Crippen LogP contribution in [0.2, 0.25) is 0 Å². The lowest BCUT2D eigenvalue weighted by Gasteiger charge is -2.19. The second-order valence-electron chi connectivity index (χ2n) is 6.33. The molecule has 0 radical (unpaired) electrons. The first-order valence-corrected chi connectivity index (χ1v) is 9.61. The van der Waals surface area contributed by atoms with Crippen molar-refractivity contribution in [1.29, 1.82) is 0 Å². The van der Waals surface area contributed by atoms with Gasteiger partial charge in [0, 0.05) is 13.1 Å². The van der Waals surface area contributed by atoms with Crippen molar-refractivity contribution in [2.45, 2.75) is 18.0 Å². The molecule has 0 spiro atoms. The van der Waals surface area contributed by atoms with Gasteiger partial charge in [-0.15, -0.1) is 0 Å². The number of fused-ring (bicyclic) bond motifs is 1. The van der Waals surface area contributed by atoms with Crippen molar-refractivity contribution < 1.29 is 17.9 Å². The molecule has 1 heterocycles. The third-order valence-corrected chi connectivity index (χ3v) is 5.35. The van der Waals surface area contributed by atoms with Gasteiger partial charge in [0.15, 0.2) is 6.61 Å². The molecule has 7 nitrogen and oxygen atoms in total. The number of nitrogens with one attached hydrogen (secondary N) is 2. The van der Waals surface area contributed by atoms with Gasteiger partial charge >= 0.3 is 0 Å². The molecule has 0 unspecified atom stereocenters. The first-order chi connectivity index (χ1) is 12.3. The van der Waals surface area contributed by atoms with Crippen LogP contribution in [-0.4, -0.2) is 39.9 Å². The number of nitrogens with zero attached hydrogens (tertiary/aromatic N) is 1. The Morgan fingerprint density at radius 1 is 1.15 bits per heavy atom. The fourth-order valence-electron chi connectivity index (χ4n) is 2.71. The second-order valence-corrected chi connectivity index (χ2v) is 8.09. The van der Waals surface area contributed by atoms with Crippen LogP contribution in [0.3, 0.4) is 0 Å². The maximum atomic E-state index is 12.6. The highest BCUT2D eigenvalue weighted by Gasteiger charge is 2.21. The van der Waals surface area contributed by atoms with Gasteiger partial charge in [0.1, 0.15) is 5.75 Å². The molecule has 0 fully saturated rings. The quantitative estimate of drug-likeness (QED) is 0.800. The number of carbonyl (C=O) groups is 1. The summed E-state index contributed by atoms with van der Waals surface area (Å²) in [5, 5.41) is 2.62. The number of benzene rings is 2. The van der Waals surface area contributed by atoms with Crippen molar-refractivity contribution in [3.63, 3.8) is 0 Å². The molecule has 0 atom stereocenters. The highest BCUT2D eigenvalue weighted by Crippen LogP contribution is 2.30. The Bertz CT molecular complexity index is 926. The normalized spacial score (nSPS) is 13.9. The Kier molecular flexibility index (Phi) is 5.26. The molecule has 1 aliphatic rings. The molecule has 2 aromatic rings. The highest BCUT2D eigenvalue weighted by atomic mass is 32.2. The van der Waals surface area contributed by atoms with Crippen LogP contribution in [-0.2, 0) is 27.9 Å². The molecule has 0 saturated heterocycles. The summed E-state index contributed by atoms with van der Waals surface area (Å²) in [7, 11) is 0.200. The van der Waals surface area contributed by atoms with E-state index in [-0.39, 0.29) is 24.0 Å². The van der Waals surface area contributed by atoms with Gasteiger partial charge in [-0.3, -0.25) is 4.79 Å². The Hall–Kier alpha value is -2.42. The third kappa shape index (κ3) is 4.21. The van der Waals surface area contributed by atoms with Crippen LogP contribution in [0, 0.1) is 0 Å². The van der Waals surface area contributed by atoms with Crippen LogP contribution >= 0.6 is 0 Å². The minimum Gasteiger partial charge on any atom is -0.482 e. The number of sulfonamides is 1. The zero-order chi connectivity index (χ0) is 18.7. The molecule has 2 aromatic carbocycles. The summed E-state index contributed by atoms with van der Waals surface area (Å²) in [6.07, 6.45) is 0. The number of amides is 1. The van der Waals surface area contributed by atoms with E-state index in [1.54, 1.807) is 6.07 Å². The lowest BCUT2D eigenvalue weighted by molar-refractivity contribution is -0.118. The van der Waals surface area contributed by atoms with Crippen molar-refractivity contribution in [3.05, 3.63) is 53.6 Å². The summed E-state index contributed by atoms with van der Waals surface area (Å²) < 4.78 is 33.1. The standard InChI is InChI=1S/C18H21N3O4S/c1-21(2)11-14-6-4-3-5-13(14)10-19-26(23,24)15-7-8-17-16(9-15)20-18(22)12-25-17/h3-9,19H,10-12H2,1-2H3,(H,20,22). The molecule has 1 aliphatic heterocycles. The van der Waals surface area contributed by atoms with Crippen LogP contribution in [0.1, 0.15) is 11.1 Å². The van der Waals surface area contributed by atoms with E-state index in [1.807, 2.05) is 43.3 Å². The first-order valence-electron chi connectivity index (χ1n) is 8.13. The lowest BCUT2D eigenvalue weighted by Crippen LogP contribution is -2.27. The summed E-state index contributed by atoms with van der Waals surface area (Å²) in [6.45, 7) is 0.840. The van der Waals surface area contributed by atoms with Crippen molar-refractivity contribution in [2.75, 3.05) is 26.0 Å². The van der Waals surface area contributed by atoms with Gasteiger partial charge in [0.05, 0.1) is 10.6 Å². The van der Waals surface area contributed by atoms with Gasteiger partial charge in [-0.1, -0.05) is 24.3 Å². The van der Waals surface area contributed by atoms with Crippen molar-refractivity contribution in [1.82, 2.24) is 9.62 Å². The van der Waals surface area contributed by atoms with E-state index in [4.69, 9.17) is 4.74 Å². The molecule has 8 heteroatoms. The number of anilines is 1. The average molecular weight is 375 g/mol. The summed E-state index contributed by atoms with van der Waals surface area (Å²) in [6, 6.07) is 12.1. The lowest BCUT2D eigenvalue weighted by atomic mass is 10.1. The number of rotatable bonds is 6. The molecule has 0 aliphatic carbocycles. The van der Waals surface area contributed by atoms with Crippen molar-refractivity contribution >= 4 is 21.6 Å². The maximum Gasteiger partial charge on any atom is 0.262 e. The molecule has 0 bridgehead atoms. The molecule has 138 valence electrons. The van der Waals surface area contributed by atoms with Gasteiger partial charge in [-0.2, -0.15) is 0 Å². The van der Waals surface area contributed by atoms with E-state index < -0.39 is 10.0 Å². The molecule has 3 rings (SSSR count).